The molecule has 2 aliphatic rings. The summed E-state index contributed by atoms with van der Waals surface area (Å²) in [5.41, 5.74) is 1.27. The molecule has 0 spiro atoms. The van der Waals surface area contributed by atoms with Crippen LogP contribution in [0.2, 0.25) is 0 Å². The second kappa shape index (κ2) is 4.23. The lowest BCUT2D eigenvalue weighted by Crippen LogP contribution is -2.45. The predicted octanol–water partition coefficient (Wildman–Crippen LogP) is -0.0810. The molecular weight excluding hydrogens is 230 g/mol. The van der Waals surface area contributed by atoms with Gasteiger partial charge in [-0.2, -0.15) is 5.26 Å². The fourth-order valence-corrected chi connectivity index (χ4v) is 3.14. The molecule has 0 amide bonds. The van der Waals surface area contributed by atoms with Crippen molar-refractivity contribution in [1.82, 2.24) is 9.88 Å². The zero-order valence-corrected chi connectivity index (χ0v) is 10.0. The second-order valence-electron chi connectivity index (χ2n) is 5.11. The smallest absolute Gasteiger partial charge is 0.269 e. The van der Waals surface area contributed by atoms with E-state index in [4.69, 9.17) is 5.26 Å². The van der Waals surface area contributed by atoms with Gasteiger partial charge in [0.15, 0.2) is 0 Å². The summed E-state index contributed by atoms with van der Waals surface area (Å²) in [4.78, 5) is 12.3. The zero-order valence-electron chi connectivity index (χ0n) is 10.0. The van der Waals surface area contributed by atoms with E-state index in [9.17, 15) is 9.90 Å². The Morgan fingerprint density at radius 1 is 1.56 bits per heavy atom. The van der Waals surface area contributed by atoms with Crippen LogP contribution in [0.5, 0.6) is 0 Å². The molecule has 3 rings (SSSR count). The molecular formula is C13H15N3O2. The third kappa shape index (κ3) is 1.57. The summed E-state index contributed by atoms with van der Waals surface area (Å²) < 4.78 is 1.73. The van der Waals surface area contributed by atoms with Crippen LogP contribution >= 0.6 is 0 Å². The van der Waals surface area contributed by atoms with Gasteiger partial charge in [0.2, 0.25) is 0 Å². The van der Waals surface area contributed by atoms with Gasteiger partial charge in [0.05, 0.1) is 6.61 Å². The normalized spacial score (nSPS) is 25.3. The maximum atomic E-state index is 12.3. The average Bonchev–Trinajstić information content (AvgIpc) is 2.40. The number of hydrogen-bond donors (Lipinski definition) is 2. The van der Waals surface area contributed by atoms with Crippen molar-refractivity contribution in [3.05, 3.63) is 33.2 Å². The Labute approximate surface area is 105 Å². The quantitative estimate of drug-likeness (QED) is 0.725. The molecule has 0 aromatic carbocycles. The summed E-state index contributed by atoms with van der Waals surface area (Å²) in [5.74, 6) is 0.795. The summed E-state index contributed by atoms with van der Waals surface area (Å²) >= 11 is 0. The molecule has 0 aliphatic carbocycles. The maximum absolute atomic E-state index is 12.3. The number of aliphatic hydroxyl groups excluding tert-OH is 1. The van der Waals surface area contributed by atoms with Gasteiger partial charge in [-0.15, -0.1) is 0 Å². The molecule has 1 fully saturated rings. The monoisotopic (exact) mass is 245 g/mol. The fraction of sp³-hybridized carbons (Fsp3) is 0.538. The van der Waals surface area contributed by atoms with Gasteiger partial charge in [-0.05, 0) is 24.9 Å². The lowest BCUT2D eigenvalue weighted by Gasteiger charge is -2.37. The number of hydrogen-bond acceptors (Lipinski definition) is 4. The molecule has 1 aromatic heterocycles. The summed E-state index contributed by atoms with van der Waals surface area (Å²) in [6.45, 7) is 2.23. The molecule has 5 heteroatoms. The van der Waals surface area contributed by atoms with Crippen molar-refractivity contribution in [3.8, 4) is 6.07 Å². The Balaban J connectivity index is 2.22. The first-order valence-electron chi connectivity index (χ1n) is 6.23. The number of pyridine rings is 1. The van der Waals surface area contributed by atoms with Gasteiger partial charge in [-0.1, -0.05) is 0 Å². The molecule has 3 heterocycles. The molecule has 2 aliphatic heterocycles. The average molecular weight is 245 g/mol. The van der Waals surface area contributed by atoms with E-state index < -0.39 is 0 Å². The van der Waals surface area contributed by atoms with Crippen LogP contribution in [-0.4, -0.2) is 22.8 Å². The lowest BCUT2D eigenvalue weighted by atomic mass is 9.83. The van der Waals surface area contributed by atoms with Gasteiger partial charge < -0.3 is 15.0 Å². The van der Waals surface area contributed by atoms with Crippen LogP contribution in [0.3, 0.4) is 0 Å². The van der Waals surface area contributed by atoms with Gasteiger partial charge in [-0.25, -0.2) is 0 Å². The molecule has 2 unspecified atom stereocenters. The minimum Gasteiger partial charge on any atom is -0.392 e. The first-order chi connectivity index (χ1) is 8.74. The summed E-state index contributed by atoms with van der Waals surface area (Å²) in [6.07, 6.45) is 1.09. The van der Waals surface area contributed by atoms with Crippen molar-refractivity contribution in [1.29, 1.82) is 5.26 Å². The number of nitriles is 1. The van der Waals surface area contributed by atoms with Gasteiger partial charge in [0, 0.05) is 30.3 Å². The van der Waals surface area contributed by atoms with E-state index in [1.54, 1.807) is 4.57 Å². The van der Waals surface area contributed by atoms with Crippen LogP contribution in [0.15, 0.2) is 10.9 Å². The standard InChI is InChI=1S/C13H15N3O2/c14-3-11-10(7-17)2-12-9-1-8(4-15-5-9)6-16(12)13(11)18/h2,8-9,15,17H,1,4-7H2. The number of piperidine rings is 1. The minimum absolute atomic E-state index is 0.0918. The number of nitrogens with one attached hydrogen (secondary N) is 1. The highest BCUT2D eigenvalue weighted by Gasteiger charge is 2.32. The van der Waals surface area contributed by atoms with E-state index in [2.05, 4.69) is 5.32 Å². The maximum Gasteiger partial charge on any atom is 0.269 e. The van der Waals surface area contributed by atoms with Crippen molar-refractivity contribution >= 4 is 0 Å². The molecule has 2 bridgehead atoms. The minimum atomic E-state index is -0.254. The molecule has 2 atom stereocenters. The van der Waals surface area contributed by atoms with Crippen molar-refractivity contribution in [2.75, 3.05) is 13.1 Å². The molecule has 1 saturated heterocycles. The van der Waals surface area contributed by atoms with Gasteiger partial charge in [0.25, 0.3) is 5.56 Å². The van der Waals surface area contributed by atoms with E-state index in [0.717, 1.165) is 25.2 Å². The Hall–Kier alpha value is -1.64. The topological polar surface area (TPSA) is 78.0 Å². The SMILES string of the molecule is N#Cc1c(CO)cc2n(c1=O)CC1CNCC2C1. The van der Waals surface area contributed by atoms with Gasteiger partial charge in [-0.3, -0.25) is 4.79 Å². The summed E-state index contributed by atoms with van der Waals surface area (Å²) in [6, 6.07) is 3.75. The third-order valence-corrected chi connectivity index (χ3v) is 4.00. The zero-order chi connectivity index (χ0) is 12.7. The first-order valence-corrected chi connectivity index (χ1v) is 6.23. The second-order valence-corrected chi connectivity index (χ2v) is 5.11. The van der Waals surface area contributed by atoms with Crippen LogP contribution in [0.25, 0.3) is 0 Å². The van der Waals surface area contributed by atoms with Crippen LogP contribution in [0.4, 0.5) is 0 Å². The van der Waals surface area contributed by atoms with E-state index in [0.29, 0.717) is 23.9 Å². The van der Waals surface area contributed by atoms with Crippen LogP contribution < -0.4 is 10.9 Å². The highest BCUT2D eigenvalue weighted by molar-refractivity contribution is 5.38. The Morgan fingerprint density at radius 3 is 3.11 bits per heavy atom. The highest BCUT2D eigenvalue weighted by atomic mass is 16.3. The molecule has 0 radical (unpaired) electrons. The molecule has 94 valence electrons. The van der Waals surface area contributed by atoms with Crippen LogP contribution in [0, 0.1) is 17.2 Å². The largest absolute Gasteiger partial charge is 0.392 e. The number of fused-ring (bicyclic) bond motifs is 4. The Bertz CT molecular complexity index is 585. The molecule has 5 nitrogen and oxygen atoms in total. The number of aliphatic hydroxyl groups is 1. The van der Waals surface area contributed by atoms with Crippen molar-refractivity contribution in [2.24, 2.45) is 5.92 Å². The van der Waals surface area contributed by atoms with E-state index in [1.807, 2.05) is 12.1 Å². The van der Waals surface area contributed by atoms with E-state index >= 15 is 0 Å². The number of nitrogens with zero attached hydrogens (tertiary/aromatic N) is 2. The first kappa shape index (κ1) is 11.5. The fourth-order valence-electron chi connectivity index (χ4n) is 3.14. The van der Waals surface area contributed by atoms with Gasteiger partial charge in [0.1, 0.15) is 11.6 Å². The predicted molar refractivity (Wildman–Crippen MR) is 65.1 cm³/mol. The van der Waals surface area contributed by atoms with Crippen LogP contribution in [-0.2, 0) is 13.2 Å². The highest BCUT2D eigenvalue weighted by Crippen LogP contribution is 2.32. The third-order valence-electron chi connectivity index (χ3n) is 4.00. The van der Waals surface area contributed by atoms with Crippen molar-refractivity contribution in [2.45, 2.75) is 25.5 Å². The number of rotatable bonds is 1. The van der Waals surface area contributed by atoms with Gasteiger partial charge >= 0.3 is 0 Å². The summed E-state index contributed by atoms with van der Waals surface area (Å²) in [5, 5.41) is 21.7. The van der Waals surface area contributed by atoms with E-state index in [-0.39, 0.29) is 17.7 Å². The Morgan fingerprint density at radius 2 is 2.39 bits per heavy atom. The van der Waals surface area contributed by atoms with Crippen molar-refractivity contribution in [3.63, 3.8) is 0 Å². The lowest BCUT2D eigenvalue weighted by molar-refractivity contribution is 0.253. The van der Waals surface area contributed by atoms with Crippen LogP contribution in [0.1, 0.15) is 29.2 Å². The Kier molecular flexibility index (Phi) is 2.69. The molecule has 1 aromatic rings. The number of aromatic nitrogens is 1. The molecule has 18 heavy (non-hydrogen) atoms. The van der Waals surface area contributed by atoms with E-state index in [1.165, 1.54) is 0 Å². The van der Waals surface area contributed by atoms with Crippen molar-refractivity contribution < 1.29 is 5.11 Å². The summed E-state index contributed by atoms with van der Waals surface area (Å²) in [7, 11) is 0. The molecule has 2 N–H and O–H groups in total. The molecule has 0 saturated carbocycles.